The van der Waals surface area contributed by atoms with Crippen LogP contribution in [-0.4, -0.2) is 40.6 Å². The molecule has 0 aliphatic carbocycles. The van der Waals surface area contributed by atoms with E-state index in [9.17, 15) is 13.6 Å². The van der Waals surface area contributed by atoms with Gasteiger partial charge in [-0.1, -0.05) is 0 Å². The maximum absolute atomic E-state index is 14.2. The van der Waals surface area contributed by atoms with Crippen molar-refractivity contribution >= 4 is 5.91 Å². The van der Waals surface area contributed by atoms with E-state index in [4.69, 9.17) is 4.74 Å². The second kappa shape index (κ2) is 7.43. The Bertz CT molecular complexity index is 773. The molecule has 1 aliphatic rings. The number of carbonyl (C=O) groups excluding carboxylic acids is 1. The van der Waals surface area contributed by atoms with Gasteiger partial charge >= 0.3 is 0 Å². The van der Waals surface area contributed by atoms with Gasteiger partial charge in [0.2, 0.25) is 0 Å². The van der Waals surface area contributed by atoms with Crippen molar-refractivity contribution in [3.05, 3.63) is 47.5 Å². The van der Waals surface area contributed by atoms with Gasteiger partial charge in [-0.05, 0) is 26.7 Å². The van der Waals surface area contributed by atoms with Gasteiger partial charge in [0, 0.05) is 49.6 Å². The molecule has 1 aliphatic heterocycles. The van der Waals surface area contributed by atoms with E-state index in [1.54, 1.807) is 6.20 Å². The van der Waals surface area contributed by atoms with Gasteiger partial charge in [0.05, 0.1) is 7.11 Å². The summed E-state index contributed by atoms with van der Waals surface area (Å²) in [7, 11) is 1.32. The number of aromatic nitrogens is 2. The molecule has 0 N–H and O–H groups in total. The lowest BCUT2D eigenvalue weighted by Gasteiger charge is -2.32. The van der Waals surface area contributed by atoms with E-state index >= 15 is 0 Å². The molecule has 1 fully saturated rings. The van der Waals surface area contributed by atoms with Crippen LogP contribution in [0.15, 0.2) is 24.5 Å². The molecule has 7 heteroatoms. The number of hydrogen-bond donors (Lipinski definition) is 0. The van der Waals surface area contributed by atoms with Crippen LogP contribution in [0.3, 0.4) is 0 Å². The van der Waals surface area contributed by atoms with Crippen molar-refractivity contribution in [1.29, 1.82) is 0 Å². The minimum atomic E-state index is -0.899. The fourth-order valence-corrected chi connectivity index (χ4v) is 3.45. The lowest BCUT2D eigenvalue weighted by atomic mass is 9.95. The van der Waals surface area contributed by atoms with Crippen molar-refractivity contribution in [3.63, 3.8) is 0 Å². The molecule has 2 aromatic rings. The summed E-state index contributed by atoms with van der Waals surface area (Å²) in [5.74, 6) is -1.12. The molecule has 3 rings (SSSR count). The summed E-state index contributed by atoms with van der Waals surface area (Å²) in [6.45, 7) is 5.08. The van der Waals surface area contributed by atoms with Crippen molar-refractivity contribution in [2.75, 3.05) is 20.2 Å². The number of benzene rings is 1. The van der Waals surface area contributed by atoms with Gasteiger partial charge in [0.1, 0.15) is 28.8 Å². The van der Waals surface area contributed by atoms with Crippen molar-refractivity contribution in [2.24, 2.45) is 0 Å². The van der Waals surface area contributed by atoms with Crippen molar-refractivity contribution < 1.29 is 18.3 Å². The van der Waals surface area contributed by atoms with Gasteiger partial charge in [-0.25, -0.2) is 13.8 Å². The number of ether oxygens (including phenoxy) is 1. The lowest BCUT2D eigenvalue weighted by Crippen LogP contribution is -2.39. The Morgan fingerprint density at radius 2 is 1.85 bits per heavy atom. The molecule has 1 amide bonds. The standard InChI is InChI=1S/C19H23F2N3O2/c1-12(2)24-9-6-22-18(24)13-4-7-23(8-5-13)19(25)17-15(20)10-14(26-3)11-16(17)21/h6,9-13H,4-5,7-8H2,1-3H3. The Kier molecular flexibility index (Phi) is 5.25. The maximum Gasteiger partial charge on any atom is 0.259 e. The first-order valence-corrected chi connectivity index (χ1v) is 8.77. The van der Waals surface area contributed by atoms with Crippen LogP contribution in [0.5, 0.6) is 5.75 Å². The average Bonchev–Trinajstić information content (AvgIpc) is 3.11. The number of halogens is 2. The first-order valence-electron chi connectivity index (χ1n) is 8.77. The first-order chi connectivity index (χ1) is 12.4. The summed E-state index contributed by atoms with van der Waals surface area (Å²) < 4.78 is 35.3. The van der Waals surface area contributed by atoms with Gasteiger partial charge in [-0.2, -0.15) is 0 Å². The predicted octanol–water partition coefficient (Wildman–Crippen LogP) is 3.77. The molecule has 0 radical (unpaired) electrons. The van der Waals surface area contributed by atoms with Crippen LogP contribution < -0.4 is 4.74 Å². The molecular formula is C19H23F2N3O2. The third-order valence-corrected chi connectivity index (χ3v) is 4.87. The quantitative estimate of drug-likeness (QED) is 0.831. The minimum absolute atomic E-state index is 0.0516. The summed E-state index contributed by atoms with van der Waals surface area (Å²) in [6.07, 6.45) is 5.18. The molecule has 1 saturated heterocycles. The summed E-state index contributed by atoms with van der Waals surface area (Å²) in [5.41, 5.74) is -0.520. The number of methoxy groups -OCH3 is 1. The number of imidazole rings is 1. The molecule has 1 aromatic heterocycles. The topological polar surface area (TPSA) is 47.4 Å². The van der Waals surface area contributed by atoms with E-state index < -0.39 is 23.1 Å². The SMILES string of the molecule is COc1cc(F)c(C(=O)N2CCC(c3nccn3C(C)C)CC2)c(F)c1. The van der Waals surface area contributed by atoms with Gasteiger partial charge in [0.15, 0.2) is 0 Å². The van der Waals surface area contributed by atoms with Crippen LogP contribution >= 0.6 is 0 Å². The summed E-state index contributed by atoms with van der Waals surface area (Å²) in [5, 5.41) is 0. The van der Waals surface area contributed by atoms with Crippen LogP contribution in [0.1, 0.15) is 54.8 Å². The third-order valence-electron chi connectivity index (χ3n) is 4.87. The zero-order valence-corrected chi connectivity index (χ0v) is 15.2. The number of carbonyl (C=O) groups is 1. The molecule has 26 heavy (non-hydrogen) atoms. The number of rotatable bonds is 4. The Hall–Kier alpha value is -2.44. The van der Waals surface area contributed by atoms with E-state index in [1.807, 2.05) is 6.20 Å². The van der Waals surface area contributed by atoms with Crippen LogP contribution in [0.2, 0.25) is 0 Å². The monoisotopic (exact) mass is 363 g/mol. The second-order valence-corrected chi connectivity index (χ2v) is 6.82. The normalized spacial score (nSPS) is 15.5. The van der Waals surface area contributed by atoms with E-state index in [1.165, 1.54) is 12.0 Å². The molecule has 140 valence electrons. The zero-order valence-electron chi connectivity index (χ0n) is 15.2. The highest BCUT2D eigenvalue weighted by molar-refractivity contribution is 5.95. The summed E-state index contributed by atoms with van der Waals surface area (Å²) in [4.78, 5) is 18.6. The predicted molar refractivity (Wildman–Crippen MR) is 93.4 cm³/mol. The molecule has 0 spiro atoms. The average molecular weight is 363 g/mol. The van der Waals surface area contributed by atoms with Crippen molar-refractivity contribution in [3.8, 4) is 5.75 Å². The highest BCUT2D eigenvalue weighted by Crippen LogP contribution is 2.30. The molecule has 5 nitrogen and oxygen atoms in total. The Morgan fingerprint density at radius 3 is 2.38 bits per heavy atom. The van der Waals surface area contributed by atoms with Gasteiger partial charge in [-0.3, -0.25) is 4.79 Å². The highest BCUT2D eigenvalue weighted by Gasteiger charge is 2.30. The van der Waals surface area contributed by atoms with Crippen LogP contribution in [0, 0.1) is 11.6 Å². The second-order valence-electron chi connectivity index (χ2n) is 6.82. The maximum atomic E-state index is 14.2. The van der Waals surface area contributed by atoms with Crippen LogP contribution in [-0.2, 0) is 0 Å². The van der Waals surface area contributed by atoms with E-state index in [0.717, 1.165) is 30.8 Å². The van der Waals surface area contributed by atoms with Crippen LogP contribution in [0.25, 0.3) is 0 Å². The van der Waals surface area contributed by atoms with E-state index in [-0.39, 0.29) is 11.7 Å². The Balaban J connectivity index is 1.72. The van der Waals surface area contributed by atoms with Gasteiger partial charge in [0.25, 0.3) is 5.91 Å². The molecule has 0 unspecified atom stereocenters. The largest absolute Gasteiger partial charge is 0.497 e. The Labute approximate surface area is 151 Å². The minimum Gasteiger partial charge on any atom is -0.497 e. The fraction of sp³-hybridized carbons (Fsp3) is 0.474. The fourth-order valence-electron chi connectivity index (χ4n) is 3.45. The molecular weight excluding hydrogens is 340 g/mol. The number of likely N-dealkylation sites (tertiary alicyclic amines) is 1. The van der Waals surface area contributed by atoms with E-state index in [2.05, 4.69) is 23.4 Å². The number of amides is 1. The molecule has 0 saturated carbocycles. The smallest absolute Gasteiger partial charge is 0.259 e. The van der Waals surface area contributed by atoms with Gasteiger partial charge in [-0.15, -0.1) is 0 Å². The first kappa shape index (κ1) is 18.4. The zero-order chi connectivity index (χ0) is 18.8. The van der Waals surface area contributed by atoms with Crippen molar-refractivity contribution in [2.45, 2.75) is 38.6 Å². The number of piperidine rings is 1. The molecule has 2 heterocycles. The molecule has 0 bridgehead atoms. The molecule has 1 aromatic carbocycles. The van der Waals surface area contributed by atoms with Crippen molar-refractivity contribution in [1.82, 2.24) is 14.5 Å². The molecule has 0 atom stereocenters. The summed E-state index contributed by atoms with van der Waals surface area (Å²) in [6, 6.07) is 2.38. The van der Waals surface area contributed by atoms with Gasteiger partial charge < -0.3 is 14.2 Å². The van der Waals surface area contributed by atoms with Crippen LogP contribution in [0.4, 0.5) is 8.78 Å². The summed E-state index contributed by atoms with van der Waals surface area (Å²) >= 11 is 0. The lowest BCUT2D eigenvalue weighted by molar-refractivity contribution is 0.0700. The number of hydrogen-bond acceptors (Lipinski definition) is 3. The van der Waals surface area contributed by atoms with E-state index in [0.29, 0.717) is 19.1 Å². The number of nitrogens with zero attached hydrogens (tertiary/aromatic N) is 3. The third kappa shape index (κ3) is 3.43. The Morgan fingerprint density at radius 1 is 1.23 bits per heavy atom. The highest BCUT2D eigenvalue weighted by atomic mass is 19.1.